The Morgan fingerprint density at radius 2 is 2.29 bits per heavy atom. The summed E-state index contributed by atoms with van der Waals surface area (Å²) in [5.41, 5.74) is 0.441. The number of amides is 1. The number of H-pyrrole nitrogens is 1. The molecule has 3 rings (SSSR count). The number of morpholine rings is 1. The maximum atomic E-state index is 12.8. The van der Waals surface area contributed by atoms with Gasteiger partial charge in [0.25, 0.3) is 5.91 Å². The van der Waals surface area contributed by atoms with Crippen LogP contribution in [0.4, 0.5) is 0 Å². The van der Waals surface area contributed by atoms with Gasteiger partial charge in [0.1, 0.15) is 11.5 Å². The van der Waals surface area contributed by atoms with Crippen molar-refractivity contribution in [2.75, 3.05) is 19.8 Å². The first-order valence-electron chi connectivity index (χ1n) is 8.06. The molecule has 2 aromatic heterocycles. The minimum Gasteiger partial charge on any atom is -0.461 e. The Morgan fingerprint density at radius 3 is 2.96 bits per heavy atom. The number of ether oxygens (including phenoxy) is 1. The first kappa shape index (κ1) is 16.4. The van der Waals surface area contributed by atoms with E-state index in [1.54, 1.807) is 23.2 Å². The molecule has 1 amide bonds. The predicted molar refractivity (Wildman–Crippen MR) is 86.0 cm³/mol. The zero-order valence-corrected chi connectivity index (χ0v) is 13.8. The van der Waals surface area contributed by atoms with E-state index in [1.165, 1.54) is 6.26 Å². The first-order valence-corrected chi connectivity index (χ1v) is 8.06. The summed E-state index contributed by atoms with van der Waals surface area (Å²) in [7, 11) is 0. The highest BCUT2D eigenvalue weighted by Gasteiger charge is 2.31. The molecule has 3 heterocycles. The van der Waals surface area contributed by atoms with E-state index < -0.39 is 0 Å². The number of carbonyl (C=O) groups is 2. The topological polar surface area (TPSA) is 88.4 Å². The number of hydrogen-bond donors (Lipinski definition) is 1. The molecule has 24 heavy (non-hydrogen) atoms. The van der Waals surface area contributed by atoms with Crippen LogP contribution in [0.5, 0.6) is 0 Å². The standard InChI is InChI=1S/C17H21N3O4/c1-11(2)16-18-9-13(19-16)17(22)20-5-7-23-10-12(20)8-14(21)15-4-3-6-24-15/h3-4,6,9,11-12H,5,7-8,10H2,1-2H3,(H,18,19)/t12-/m1/s1. The Labute approximate surface area is 140 Å². The summed E-state index contributed by atoms with van der Waals surface area (Å²) >= 11 is 0. The SMILES string of the molecule is CC(C)c1ncc(C(=O)N2CCOC[C@H]2CC(=O)c2ccco2)[nH]1. The molecule has 0 unspecified atom stereocenters. The van der Waals surface area contributed by atoms with Gasteiger partial charge in [-0.05, 0) is 12.1 Å². The largest absolute Gasteiger partial charge is 0.461 e. The van der Waals surface area contributed by atoms with Gasteiger partial charge in [-0.3, -0.25) is 9.59 Å². The van der Waals surface area contributed by atoms with Crippen molar-refractivity contribution in [1.29, 1.82) is 0 Å². The first-order chi connectivity index (χ1) is 11.6. The van der Waals surface area contributed by atoms with E-state index in [1.807, 2.05) is 13.8 Å². The second-order valence-electron chi connectivity index (χ2n) is 6.17. The Kier molecular flexibility index (Phi) is 4.80. The van der Waals surface area contributed by atoms with Gasteiger partial charge in [-0.1, -0.05) is 13.8 Å². The van der Waals surface area contributed by atoms with E-state index in [4.69, 9.17) is 9.15 Å². The van der Waals surface area contributed by atoms with E-state index in [0.29, 0.717) is 31.2 Å². The van der Waals surface area contributed by atoms with Crippen molar-refractivity contribution in [2.24, 2.45) is 0 Å². The third-order valence-electron chi connectivity index (χ3n) is 4.08. The zero-order valence-electron chi connectivity index (χ0n) is 13.8. The van der Waals surface area contributed by atoms with Crippen LogP contribution < -0.4 is 0 Å². The summed E-state index contributed by atoms with van der Waals surface area (Å²) in [6, 6.07) is 2.99. The number of nitrogens with zero attached hydrogens (tertiary/aromatic N) is 2. The zero-order chi connectivity index (χ0) is 17.1. The molecule has 7 heteroatoms. The lowest BCUT2D eigenvalue weighted by molar-refractivity contribution is -0.00331. The smallest absolute Gasteiger partial charge is 0.272 e. The molecule has 0 aliphatic carbocycles. The highest BCUT2D eigenvalue weighted by Crippen LogP contribution is 2.18. The lowest BCUT2D eigenvalue weighted by atomic mass is 10.1. The molecular weight excluding hydrogens is 310 g/mol. The third kappa shape index (κ3) is 3.41. The lowest BCUT2D eigenvalue weighted by Gasteiger charge is -2.34. The highest BCUT2D eigenvalue weighted by molar-refractivity contribution is 5.95. The second-order valence-corrected chi connectivity index (χ2v) is 6.17. The summed E-state index contributed by atoms with van der Waals surface area (Å²) < 4.78 is 10.6. The van der Waals surface area contributed by atoms with Crippen LogP contribution in [0.25, 0.3) is 0 Å². The van der Waals surface area contributed by atoms with Gasteiger partial charge in [0.05, 0.1) is 31.7 Å². The molecule has 1 aliphatic rings. The molecule has 0 radical (unpaired) electrons. The second kappa shape index (κ2) is 7.00. The molecule has 0 aromatic carbocycles. The lowest BCUT2D eigenvalue weighted by Crippen LogP contribution is -2.49. The van der Waals surface area contributed by atoms with E-state index in [0.717, 1.165) is 5.82 Å². The van der Waals surface area contributed by atoms with Crippen molar-refractivity contribution in [2.45, 2.75) is 32.2 Å². The maximum absolute atomic E-state index is 12.8. The number of hydrogen-bond acceptors (Lipinski definition) is 5. The van der Waals surface area contributed by atoms with Crippen molar-refractivity contribution in [3.63, 3.8) is 0 Å². The minimum atomic E-state index is -0.311. The highest BCUT2D eigenvalue weighted by atomic mass is 16.5. The van der Waals surface area contributed by atoms with Crippen molar-refractivity contribution in [1.82, 2.24) is 14.9 Å². The van der Waals surface area contributed by atoms with Gasteiger partial charge < -0.3 is 19.0 Å². The summed E-state index contributed by atoms with van der Waals surface area (Å²) in [5.74, 6) is 0.995. The van der Waals surface area contributed by atoms with Crippen LogP contribution in [0, 0.1) is 0 Å². The predicted octanol–water partition coefficient (Wildman–Crippen LogP) is 2.24. The fourth-order valence-corrected chi connectivity index (χ4v) is 2.74. The number of ketones is 1. The molecular formula is C17H21N3O4. The summed E-state index contributed by atoms with van der Waals surface area (Å²) in [5, 5.41) is 0. The molecule has 0 spiro atoms. The van der Waals surface area contributed by atoms with Gasteiger partial charge in [-0.15, -0.1) is 0 Å². The number of aromatic amines is 1. The average Bonchev–Trinajstić information content (AvgIpc) is 3.26. The Morgan fingerprint density at radius 1 is 1.46 bits per heavy atom. The number of rotatable bonds is 5. The van der Waals surface area contributed by atoms with Gasteiger partial charge in [0.2, 0.25) is 0 Å². The van der Waals surface area contributed by atoms with Crippen LogP contribution in [-0.4, -0.2) is 52.4 Å². The normalized spacial score (nSPS) is 18.1. The summed E-state index contributed by atoms with van der Waals surface area (Å²) in [6.07, 6.45) is 3.19. The van der Waals surface area contributed by atoms with Crippen LogP contribution in [0.3, 0.4) is 0 Å². The van der Waals surface area contributed by atoms with Crippen molar-refractivity contribution < 1.29 is 18.7 Å². The summed E-state index contributed by atoms with van der Waals surface area (Å²) in [6.45, 7) is 5.26. The van der Waals surface area contributed by atoms with Gasteiger partial charge in [0, 0.05) is 18.9 Å². The fraction of sp³-hybridized carbons (Fsp3) is 0.471. The number of Topliss-reactive ketones (excluding diaryl/α,β-unsaturated/α-hetero) is 1. The third-order valence-corrected chi connectivity index (χ3v) is 4.08. The van der Waals surface area contributed by atoms with Gasteiger partial charge in [0.15, 0.2) is 11.5 Å². The minimum absolute atomic E-state index is 0.138. The van der Waals surface area contributed by atoms with Crippen molar-refractivity contribution >= 4 is 11.7 Å². The average molecular weight is 331 g/mol. The van der Waals surface area contributed by atoms with Crippen molar-refractivity contribution in [3.05, 3.63) is 41.9 Å². The quantitative estimate of drug-likeness (QED) is 0.849. The monoisotopic (exact) mass is 331 g/mol. The number of imidazole rings is 1. The number of carbonyl (C=O) groups excluding carboxylic acids is 2. The molecule has 0 saturated carbocycles. The molecule has 1 fully saturated rings. The number of nitrogens with one attached hydrogen (secondary N) is 1. The number of furan rings is 1. The van der Waals surface area contributed by atoms with Gasteiger partial charge >= 0.3 is 0 Å². The Bertz CT molecular complexity index is 705. The Hall–Kier alpha value is -2.41. The van der Waals surface area contributed by atoms with Crippen LogP contribution in [0.15, 0.2) is 29.0 Å². The van der Waals surface area contributed by atoms with Gasteiger partial charge in [-0.25, -0.2) is 4.98 Å². The van der Waals surface area contributed by atoms with Crippen LogP contribution >= 0.6 is 0 Å². The molecule has 1 aliphatic heterocycles. The molecule has 1 atom stereocenters. The molecule has 0 bridgehead atoms. The molecule has 7 nitrogen and oxygen atoms in total. The Balaban J connectivity index is 1.73. The maximum Gasteiger partial charge on any atom is 0.272 e. The molecule has 1 saturated heterocycles. The van der Waals surface area contributed by atoms with E-state index >= 15 is 0 Å². The van der Waals surface area contributed by atoms with E-state index in [9.17, 15) is 9.59 Å². The van der Waals surface area contributed by atoms with Crippen molar-refractivity contribution in [3.8, 4) is 0 Å². The van der Waals surface area contributed by atoms with Crippen LogP contribution in [-0.2, 0) is 4.74 Å². The molecule has 2 aromatic rings. The van der Waals surface area contributed by atoms with E-state index in [2.05, 4.69) is 9.97 Å². The van der Waals surface area contributed by atoms with E-state index in [-0.39, 0.29) is 30.1 Å². The molecule has 1 N–H and O–H groups in total. The van der Waals surface area contributed by atoms with Crippen LogP contribution in [0.2, 0.25) is 0 Å². The van der Waals surface area contributed by atoms with Gasteiger partial charge in [-0.2, -0.15) is 0 Å². The molecule has 128 valence electrons. The summed E-state index contributed by atoms with van der Waals surface area (Å²) in [4.78, 5) is 34.0. The van der Waals surface area contributed by atoms with Crippen LogP contribution in [0.1, 0.15) is 53.1 Å². The fourth-order valence-electron chi connectivity index (χ4n) is 2.74. The number of aromatic nitrogens is 2.